The van der Waals surface area contributed by atoms with Crippen molar-refractivity contribution in [1.82, 2.24) is 9.97 Å². The standard InChI is InChI=1S/C19H17N3OS/c1-13(19(23)22-11-10-14-6-2-5-9-17(14)22)24-18-15-7-3-4-8-16(15)20-12-21-18/h2-9,12-13H,10-11H2,1H3/t13-/m1/s1. The summed E-state index contributed by atoms with van der Waals surface area (Å²) in [5.74, 6) is 0.132. The molecule has 0 saturated carbocycles. The second-order valence-corrected chi connectivity index (χ2v) is 7.15. The predicted molar refractivity (Wildman–Crippen MR) is 97.4 cm³/mol. The Morgan fingerprint density at radius 2 is 1.92 bits per heavy atom. The average molecular weight is 335 g/mol. The van der Waals surface area contributed by atoms with E-state index in [9.17, 15) is 4.79 Å². The lowest BCUT2D eigenvalue weighted by atomic mass is 10.2. The zero-order valence-electron chi connectivity index (χ0n) is 13.3. The van der Waals surface area contributed by atoms with Gasteiger partial charge in [0.15, 0.2) is 0 Å². The number of benzene rings is 2. The Bertz CT molecular complexity index is 907. The minimum atomic E-state index is -0.200. The van der Waals surface area contributed by atoms with Gasteiger partial charge in [0.05, 0.1) is 10.8 Å². The topological polar surface area (TPSA) is 46.1 Å². The quantitative estimate of drug-likeness (QED) is 0.541. The molecule has 0 unspecified atom stereocenters. The van der Waals surface area contributed by atoms with E-state index in [1.165, 1.54) is 17.3 Å². The highest BCUT2D eigenvalue weighted by atomic mass is 32.2. The summed E-state index contributed by atoms with van der Waals surface area (Å²) in [7, 11) is 0. The molecule has 0 radical (unpaired) electrons. The van der Waals surface area contributed by atoms with Gasteiger partial charge in [0.2, 0.25) is 5.91 Å². The summed E-state index contributed by atoms with van der Waals surface area (Å²) in [5, 5.41) is 1.65. The van der Waals surface area contributed by atoms with E-state index in [1.54, 1.807) is 6.33 Å². The average Bonchev–Trinajstić information content (AvgIpc) is 3.05. The first-order valence-corrected chi connectivity index (χ1v) is 8.87. The van der Waals surface area contributed by atoms with Gasteiger partial charge in [0, 0.05) is 17.6 Å². The van der Waals surface area contributed by atoms with Crippen LogP contribution in [0.1, 0.15) is 12.5 Å². The molecule has 1 amide bonds. The number of hydrogen-bond acceptors (Lipinski definition) is 4. The van der Waals surface area contributed by atoms with Crippen molar-refractivity contribution in [1.29, 1.82) is 0 Å². The highest BCUT2D eigenvalue weighted by molar-refractivity contribution is 8.00. The lowest BCUT2D eigenvalue weighted by Gasteiger charge is -2.21. The van der Waals surface area contributed by atoms with E-state index in [2.05, 4.69) is 16.0 Å². The lowest BCUT2D eigenvalue weighted by molar-refractivity contribution is -0.117. The summed E-state index contributed by atoms with van der Waals surface area (Å²) in [6.45, 7) is 2.71. The maximum Gasteiger partial charge on any atom is 0.240 e. The molecule has 4 nitrogen and oxygen atoms in total. The molecular formula is C19H17N3OS. The molecule has 0 N–H and O–H groups in total. The highest BCUT2D eigenvalue weighted by Gasteiger charge is 2.28. The molecule has 1 aromatic heterocycles. The normalized spacial score (nSPS) is 14.6. The third kappa shape index (κ3) is 2.65. The number of fused-ring (bicyclic) bond motifs is 2. The molecule has 4 rings (SSSR count). The Morgan fingerprint density at radius 1 is 1.12 bits per heavy atom. The minimum Gasteiger partial charge on any atom is -0.311 e. The van der Waals surface area contributed by atoms with Gasteiger partial charge in [-0.3, -0.25) is 4.79 Å². The van der Waals surface area contributed by atoms with E-state index in [1.807, 2.05) is 54.3 Å². The van der Waals surface area contributed by atoms with Gasteiger partial charge in [0.1, 0.15) is 11.4 Å². The fraction of sp³-hybridized carbons (Fsp3) is 0.211. The van der Waals surface area contributed by atoms with Crippen molar-refractivity contribution in [3.63, 3.8) is 0 Å². The van der Waals surface area contributed by atoms with Gasteiger partial charge in [-0.25, -0.2) is 9.97 Å². The van der Waals surface area contributed by atoms with Crippen molar-refractivity contribution in [2.75, 3.05) is 11.4 Å². The molecule has 2 heterocycles. The van der Waals surface area contributed by atoms with E-state index in [-0.39, 0.29) is 11.2 Å². The van der Waals surface area contributed by atoms with Crippen LogP contribution in [0.3, 0.4) is 0 Å². The Kier molecular flexibility index (Phi) is 3.94. The van der Waals surface area contributed by atoms with Gasteiger partial charge in [-0.2, -0.15) is 0 Å². The van der Waals surface area contributed by atoms with Crippen LogP contribution >= 0.6 is 11.8 Å². The number of nitrogens with zero attached hydrogens (tertiary/aromatic N) is 3. The lowest BCUT2D eigenvalue weighted by Crippen LogP contribution is -2.35. The van der Waals surface area contributed by atoms with Crippen LogP contribution in [-0.4, -0.2) is 27.7 Å². The zero-order chi connectivity index (χ0) is 16.5. The molecule has 2 aromatic carbocycles. The van der Waals surface area contributed by atoms with Crippen LogP contribution in [-0.2, 0) is 11.2 Å². The number of rotatable bonds is 3. The van der Waals surface area contributed by atoms with Gasteiger partial charge < -0.3 is 4.90 Å². The number of amides is 1. The Hall–Kier alpha value is -2.40. The molecule has 0 fully saturated rings. The van der Waals surface area contributed by atoms with Gasteiger partial charge >= 0.3 is 0 Å². The van der Waals surface area contributed by atoms with Gasteiger partial charge in [0.25, 0.3) is 0 Å². The van der Waals surface area contributed by atoms with Crippen LogP contribution in [0.5, 0.6) is 0 Å². The molecule has 0 spiro atoms. The molecule has 1 atom stereocenters. The van der Waals surface area contributed by atoms with Crippen LogP contribution in [0, 0.1) is 0 Å². The number of carbonyl (C=O) groups is 1. The molecule has 1 aliphatic rings. The number of anilines is 1. The first-order valence-electron chi connectivity index (χ1n) is 8.00. The van der Waals surface area contributed by atoms with Crippen LogP contribution in [0.2, 0.25) is 0 Å². The summed E-state index contributed by atoms with van der Waals surface area (Å²) in [6.07, 6.45) is 2.49. The minimum absolute atomic E-state index is 0.132. The molecule has 0 aliphatic carbocycles. The summed E-state index contributed by atoms with van der Waals surface area (Å²) < 4.78 is 0. The monoisotopic (exact) mass is 335 g/mol. The summed E-state index contributed by atoms with van der Waals surface area (Å²) >= 11 is 1.50. The molecular weight excluding hydrogens is 318 g/mol. The SMILES string of the molecule is C[C@@H](Sc1ncnc2ccccc12)C(=O)N1CCc2ccccc21. The summed E-state index contributed by atoms with van der Waals surface area (Å²) in [6, 6.07) is 16.0. The predicted octanol–water partition coefficient (Wildman–Crippen LogP) is 3.70. The van der Waals surface area contributed by atoms with E-state index < -0.39 is 0 Å². The fourth-order valence-electron chi connectivity index (χ4n) is 3.08. The maximum absolute atomic E-state index is 12.9. The van der Waals surface area contributed by atoms with Crippen LogP contribution in [0.4, 0.5) is 5.69 Å². The van der Waals surface area contributed by atoms with E-state index in [0.29, 0.717) is 0 Å². The molecule has 24 heavy (non-hydrogen) atoms. The fourth-order valence-corrected chi connectivity index (χ4v) is 4.05. The Labute approximate surface area is 144 Å². The molecule has 0 bridgehead atoms. The van der Waals surface area contributed by atoms with Crippen LogP contribution in [0.15, 0.2) is 59.9 Å². The van der Waals surface area contributed by atoms with Crippen LogP contribution < -0.4 is 4.90 Å². The van der Waals surface area contributed by atoms with Gasteiger partial charge in [-0.15, -0.1) is 0 Å². The third-order valence-electron chi connectivity index (χ3n) is 4.30. The van der Waals surface area contributed by atoms with E-state index in [0.717, 1.165) is 34.6 Å². The second-order valence-electron chi connectivity index (χ2n) is 5.82. The van der Waals surface area contributed by atoms with Crippen molar-refractivity contribution in [3.05, 3.63) is 60.4 Å². The zero-order valence-corrected chi connectivity index (χ0v) is 14.2. The number of thioether (sulfide) groups is 1. The molecule has 120 valence electrons. The summed E-state index contributed by atoms with van der Waals surface area (Å²) in [5.41, 5.74) is 3.19. The molecule has 1 aliphatic heterocycles. The number of hydrogen-bond donors (Lipinski definition) is 0. The van der Waals surface area contributed by atoms with Gasteiger partial charge in [-0.1, -0.05) is 48.2 Å². The molecule has 5 heteroatoms. The molecule has 0 saturated heterocycles. The third-order valence-corrected chi connectivity index (χ3v) is 5.40. The Morgan fingerprint density at radius 3 is 2.83 bits per heavy atom. The van der Waals surface area contributed by atoms with Crippen molar-refractivity contribution < 1.29 is 4.79 Å². The van der Waals surface area contributed by atoms with Crippen molar-refractivity contribution in [2.24, 2.45) is 0 Å². The smallest absolute Gasteiger partial charge is 0.240 e. The number of para-hydroxylation sites is 2. The van der Waals surface area contributed by atoms with Crippen LogP contribution in [0.25, 0.3) is 10.9 Å². The van der Waals surface area contributed by atoms with Crippen molar-refractivity contribution in [2.45, 2.75) is 23.6 Å². The molecule has 3 aromatic rings. The van der Waals surface area contributed by atoms with Gasteiger partial charge in [-0.05, 0) is 31.0 Å². The maximum atomic E-state index is 12.9. The largest absolute Gasteiger partial charge is 0.311 e. The van der Waals surface area contributed by atoms with Crippen molar-refractivity contribution in [3.8, 4) is 0 Å². The van der Waals surface area contributed by atoms with E-state index in [4.69, 9.17) is 0 Å². The number of aromatic nitrogens is 2. The highest BCUT2D eigenvalue weighted by Crippen LogP contribution is 2.32. The van der Waals surface area contributed by atoms with Crippen molar-refractivity contribution >= 4 is 34.3 Å². The van der Waals surface area contributed by atoms with E-state index >= 15 is 0 Å². The summed E-state index contributed by atoms with van der Waals surface area (Å²) in [4.78, 5) is 23.5. The Balaban J connectivity index is 1.58. The number of carbonyl (C=O) groups excluding carboxylic acids is 1. The first kappa shape index (κ1) is 15.1. The first-order chi connectivity index (χ1) is 11.7. The second kappa shape index (κ2) is 6.24.